The van der Waals surface area contributed by atoms with E-state index < -0.39 is 11.9 Å². The maximum absolute atomic E-state index is 12.4. The van der Waals surface area contributed by atoms with E-state index >= 15 is 0 Å². The third kappa shape index (κ3) is 2.69. The fraction of sp³-hybridized carbons (Fsp3) is 0.526. The molecule has 1 heterocycles. The number of carbonyl (C=O) groups is 3. The largest absolute Gasteiger partial charge is 0.462 e. The fourth-order valence-electron chi connectivity index (χ4n) is 4.57. The highest BCUT2D eigenvalue weighted by Crippen LogP contribution is 2.57. The van der Waals surface area contributed by atoms with Crippen LogP contribution in [0.1, 0.15) is 24.0 Å². The Morgan fingerprint density at radius 3 is 2.80 bits per heavy atom. The van der Waals surface area contributed by atoms with Gasteiger partial charge in [0.05, 0.1) is 11.8 Å². The van der Waals surface area contributed by atoms with Crippen molar-refractivity contribution < 1.29 is 23.9 Å². The van der Waals surface area contributed by atoms with Gasteiger partial charge in [0.15, 0.2) is 6.61 Å². The van der Waals surface area contributed by atoms with Crippen molar-refractivity contribution in [2.45, 2.75) is 32.8 Å². The van der Waals surface area contributed by atoms with Crippen LogP contribution in [0.3, 0.4) is 0 Å². The van der Waals surface area contributed by atoms with Gasteiger partial charge in [0, 0.05) is 11.6 Å². The number of esters is 2. The number of nitrogens with one attached hydrogen (secondary N) is 1. The first-order valence-electron chi connectivity index (χ1n) is 8.68. The summed E-state index contributed by atoms with van der Waals surface area (Å²) in [4.78, 5) is 36.4. The normalized spacial score (nSPS) is 31.8. The van der Waals surface area contributed by atoms with E-state index in [1.54, 1.807) is 0 Å². The molecule has 1 saturated heterocycles. The van der Waals surface area contributed by atoms with Crippen LogP contribution in [0.25, 0.3) is 0 Å². The molecule has 6 nitrogen and oxygen atoms in total. The van der Waals surface area contributed by atoms with Gasteiger partial charge in [-0.1, -0.05) is 6.07 Å². The molecule has 1 aliphatic heterocycles. The molecule has 2 aliphatic carbocycles. The Bertz CT molecular complexity index is 756. The number of hydrogen-bond donors (Lipinski definition) is 1. The minimum absolute atomic E-state index is 0.0142. The third-order valence-corrected chi connectivity index (χ3v) is 5.89. The lowest BCUT2D eigenvalue weighted by Gasteiger charge is -2.22. The zero-order chi connectivity index (χ0) is 17.7. The average molecular weight is 343 g/mol. The lowest BCUT2D eigenvalue weighted by Crippen LogP contribution is -2.34. The molecule has 0 spiro atoms. The van der Waals surface area contributed by atoms with Gasteiger partial charge in [-0.3, -0.25) is 14.4 Å². The van der Waals surface area contributed by atoms with Gasteiger partial charge in [-0.25, -0.2) is 0 Å². The number of anilines is 1. The van der Waals surface area contributed by atoms with E-state index in [1.165, 1.54) is 0 Å². The molecule has 5 atom stereocenters. The van der Waals surface area contributed by atoms with Crippen molar-refractivity contribution in [3.05, 3.63) is 29.3 Å². The molecule has 2 bridgehead atoms. The van der Waals surface area contributed by atoms with Crippen molar-refractivity contribution in [2.24, 2.45) is 23.7 Å². The highest BCUT2D eigenvalue weighted by atomic mass is 16.6. The van der Waals surface area contributed by atoms with Crippen molar-refractivity contribution in [3.8, 4) is 0 Å². The van der Waals surface area contributed by atoms with Crippen LogP contribution < -0.4 is 5.32 Å². The molecule has 4 rings (SSSR count). The molecule has 1 aromatic rings. The van der Waals surface area contributed by atoms with E-state index in [9.17, 15) is 14.4 Å². The van der Waals surface area contributed by atoms with Crippen molar-refractivity contribution >= 4 is 23.5 Å². The van der Waals surface area contributed by atoms with Crippen molar-refractivity contribution in [1.82, 2.24) is 0 Å². The molecule has 2 saturated carbocycles. The number of rotatable bonds is 4. The smallest absolute Gasteiger partial charge is 0.310 e. The number of benzene rings is 1. The molecule has 3 aliphatic rings. The summed E-state index contributed by atoms with van der Waals surface area (Å²) >= 11 is 0. The number of aryl methyl sites for hydroxylation is 2. The Morgan fingerprint density at radius 1 is 1.24 bits per heavy atom. The van der Waals surface area contributed by atoms with Gasteiger partial charge in [-0.15, -0.1) is 0 Å². The van der Waals surface area contributed by atoms with Gasteiger partial charge in [-0.05, 0) is 55.9 Å². The Labute approximate surface area is 145 Å². The zero-order valence-corrected chi connectivity index (χ0v) is 14.3. The van der Waals surface area contributed by atoms with Crippen LogP contribution in [0.4, 0.5) is 5.69 Å². The maximum Gasteiger partial charge on any atom is 0.310 e. The number of ether oxygens (including phenoxy) is 2. The molecular formula is C19H21NO5. The van der Waals surface area contributed by atoms with Gasteiger partial charge < -0.3 is 14.8 Å². The summed E-state index contributed by atoms with van der Waals surface area (Å²) in [6.45, 7) is 3.62. The lowest BCUT2D eigenvalue weighted by molar-refractivity contribution is -0.157. The SMILES string of the molecule is Cc1ccc(NC(=O)COC(=O)[C@@H]2[C@@H]3C[C@@H]4[C@@H]2C(=O)O[C@@H]4C3)cc1C. The van der Waals surface area contributed by atoms with E-state index in [0.29, 0.717) is 5.69 Å². The Balaban J connectivity index is 1.34. The van der Waals surface area contributed by atoms with Gasteiger partial charge in [-0.2, -0.15) is 0 Å². The van der Waals surface area contributed by atoms with E-state index in [4.69, 9.17) is 9.47 Å². The Kier molecular flexibility index (Phi) is 3.78. The molecule has 1 N–H and O–H groups in total. The summed E-state index contributed by atoms with van der Waals surface area (Å²) < 4.78 is 10.5. The summed E-state index contributed by atoms with van der Waals surface area (Å²) in [5, 5.41) is 2.72. The number of hydrogen-bond acceptors (Lipinski definition) is 5. The minimum atomic E-state index is -0.454. The first-order chi connectivity index (χ1) is 11.9. The van der Waals surface area contributed by atoms with E-state index in [0.717, 1.165) is 24.0 Å². The van der Waals surface area contributed by atoms with Crippen LogP contribution >= 0.6 is 0 Å². The second-order valence-electron chi connectivity index (χ2n) is 7.38. The van der Waals surface area contributed by atoms with Gasteiger partial charge in [0.1, 0.15) is 6.10 Å². The van der Waals surface area contributed by atoms with E-state index in [1.807, 2.05) is 32.0 Å². The van der Waals surface area contributed by atoms with Crippen LogP contribution in [-0.2, 0) is 23.9 Å². The molecular weight excluding hydrogens is 322 g/mol. The van der Waals surface area contributed by atoms with Crippen molar-refractivity contribution in [3.63, 3.8) is 0 Å². The molecule has 0 unspecified atom stereocenters. The summed E-state index contributed by atoms with van der Waals surface area (Å²) in [5.41, 5.74) is 2.89. The van der Waals surface area contributed by atoms with Crippen LogP contribution in [0, 0.1) is 37.5 Å². The average Bonchev–Trinajstić information content (AvgIpc) is 3.18. The summed E-state index contributed by atoms with van der Waals surface area (Å²) in [7, 11) is 0. The molecule has 25 heavy (non-hydrogen) atoms. The highest BCUT2D eigenvalue weighted by molar-refractivity contribution is 5.93. The standard InChI is InChI=1S/C19H21NO5/c1-9-3-4-12(5-10(9)2)20-15(21)8-24-18(22)16-11-6-13-14(7-11)25-19(23)17(13)16/h3-5,11,13-14,16-17H,6-8H2,1-2H3,(H,20,21)/t11-,13+,14-,16-,17+/m1/s1. The molecule has 0 aromatic heterocycles. The molecule has 6 heteroatoms. The Morgan fingerprint density at radius 2 is 2.04 bits per heavy atom. The highest BCUT2D eigenvalue weighted by Gasteiger charge is 2.64. The van der Waals surface area contributed by atoms with Crippen LogP contribution in [0.15, 0.2) is 18.2 Å². The van der Waals surface area contributed by atoms with Gasteiger partial charge in [0.2, 0.25) is 0 Å². The second kappa shape index (κ2) is 5.86. The predicted octanol–water partition coefficient (Wildman–Crippen LogP) is 1.98. The summed E-state index contributed by atoms with van der Waals surface area (Å²) in [6.07, 6.45) is 1.57. The summed E-state index contributed by atoms with van der Waals surface area (Å²) in [5.74, 6) is -1.65. The first kappa shape index (κ1) is 16.1. The van der Waals surface area contributed by atoms with Crippen molar-refractivity contribution in [1.29, 1.82) is 0 Å². The quantitative estimate of drug-likeness (QED) is 0.846. The van der Waals surface area contributed by atoms with Crippen LogP contribution in [-0.4, -0.2) is 30.6 Å². The maximum atomic E-state index is 12.4. The molecule has 0 radical (unpaired) electrons. The minimum Gasteiger partial charge on any atom is -0.462 e. The molecule has 132 valence electrons. The monoisotopic (exact) mass is 343 g/mol. The first-order valence-corrected chi connectivity index (χ1v) is 8.68. The zero-order valence-electron chi connectivity index (χ0n) is 14.3. The Hall–Kier alpha value is -2.37. The second-order valence-corrected chi connectivity index (χ2v) is 7.38. The molecule has 3 fully saturated rings. The van der Waals surface area contributed by atoms with Crippen LogP contribution in [0.2, 0.25) is 0 Å². The lowest BCUT2D eigenvalue weighted by atomic mass is 9.80. The summed E-state index contributed by atoms with van der Waals surface area (Å²) in [6, 6.07) is 5.61. The number of carbonyl (C=O) groups excluding carboxylic acids is 3. The fourth-order valence-corrected chi connectivity index (χ4v) is 4.57. The third-order valence-electron chi connectivity index (χ3n) is 5.89. The van der Waals surface area contributed by atoms with Crippen molar-refractivity contribution in [2.75, 3.05) is 11.9 Å². The number of amides is 1. The van der Waals surface area contributed by atoms with E-state index in [2.05, 4.69) is 5.32 Å². The van der Waals surface area contributed by atoms with Gasteiger partial charge in [0.25, 0.3) is 5.91 Å². The molecule has 1 aromatic carbocycles. The number of fused-ring (bicyclic) bond motifs is 1. The van der Waals surface area contributed by atoms with Crippen LogP contribution in [0.5, 0.6) is 0 Å². The van der Waals surface area contributed by atoms with Gasteiger partial charge >= 0.3 is 11.9 Å². The molecule has 1 amide bonds. The predicted molar refractivity (Wildman–Crippen MR) is 88.6 cm³/mol. The topological polar surface area (TPSA) is 81.7 Å². The van der Waals surface area contributed by atoms with E-state index in [-0.39, 0.29) is 42.3 Å².